The second-order valence-electron chi connectivity index (χ2n) is 15.2. The van der Waals surface area contributed by atoms with Gasteiger partial charge in [0.05, 0.1) is 40.3 Å². The van der Waals surface area contributed by atoms with Crippen molar-refractivity contribution in [2.75, 3.05) is 41.0 Å². The van der Waals surface area contributed by atoms with Gasteiger partial charge in [0.15, 0.2) is 6.10 Å². The Bertz CT molecular complexity index is 782. The van der Waals surface area contributed by atoms with Gasteiger partial charge in [-0.1, -0.05) is 162 Å². The highest BCUT2D eigenvalue weighted by molar-refractivity contribution is 5.70. The van der Waals surface area contributed by atoms with Gasteiger partial charge in [0, 0.05) is 19.3 Å². The first-order chi connectivity index (χ1) is 23.6. The second-order valence-corrected chi connectivity index (χ2v) is 15.2. The van der Waals surface area contributed by atoms with Gasteiger partial charge in [-0.15, -0.1) is 0 Å². The normalized spacial score (nSPS) is 12.9. The minimum absolute atomic E-state index is 0.0487. The third-order valence-corrected chi connectivity index (χ3v) is 9.49. The number of nitrogens with zero attached hydrogens (tertiary/aromatic N) is 1. The van der Waals surface area contributed by atoms with E-state index < -0.39 is 18.1 Å². The molecular formula is C41H79NO7. The molecule has 0 N–H and O–H groups in total. The molecule has 0 bridgehead atoms. The summed E-state index contributed by atoms with van der Waals surface area (Å²) in [5.74, 6) is -1.72. The van der Waals surface area contributed by atoms with Gasteiger partial charge < -0.3 is 28.6 Å². The van der Waals surface area contributed by atoms with Gasteiger partial charge in [0.25, 0.3) is 0 Å². The monoisotopic (exact) mass is 698 g/mol. The van der Waals surface area contributed by atoms with Gasteiger partial charge in [0.2, 0.25) is 0 Å². The van der Waals surface area contributed by atoms with Crippen LogP contribution < -0.4 is 5.11 Å². The van der Waals surface area contributed by atoms with E-state index in [4.69, 9.17) is 14.2 Å². The maximum Gasteiger partial charge on any atom is 0.306 e. The van der Waals surface area contributed by atoms with E-state index in [1.165, 1.54) is 122 Å². The number of esters is 2. The predicted molar refractivity (Wildman–Crippen MR) is 199 cm³/mol. The number of rotatable bonds is 37. The highest BCUT2D eigenvalue weighted by Crippen LogP contribution is 2.15. The fraction of sp³-hybridized carbons (Fsp3) is 0.927. The third kappa shape index (κ3) is 32.0. The van der Waals surface area contributed by atoms with Crippen LogP contribution in [0.3, 0.4) is 0 Å². The van der Waals surface area contributed by atoms with Crippen molar-refractivity contribution in [3.63, 3.8) is 0 Å². The minimum Gasteiger partial charge on any atom is -0.544 e. The highest BCUT2D eigenvalue weighted by atomic mass is 16.6. The lowest BCUT2D eigenvalue weighted by Crippen LogP contribution is -2.55. The zero-order valence-electron chi connectivity index (χ0n) is 32.9. The van der Waals surface area contributed by atoms with Crippen LogP contribution in [0.25, 0.3) is 0 Å². The smallest absolute Gasteiger partial charge is 0.306 e. The lowest BCUT2D eigenvalue weighted by Gasteiger charge is -2.34. The molecule has 0 aromatic rings. The number of hydrogen-bond donors (Lipinski definition) is 0. The number of quaternary nitrogens is 1. The van der Waals surface area contributed by atoms with E-state index in [2.05, 4.69) is 13.8 Å². The lowest BCUT2D eigenvalue weighted by molar-refractivity contribution is -0.889. The summed E-state index contributed by atoms with van der Waals surface area (Å²) >= 11 is 0. The summed E-state index contributed by atoms with van der Waals surface area (Å²) in [6.07, 6.45) is 31.2. The van der Waals surface area contributed by atoms with E-state index in [1.807, 2.05) is 0 Å². The molecule has 0 aliphatic heterocycles. The number of aliphatic carboxylic acids is 1. The van der Waals surface area contributed by atoms with E-state index in [-0.39, 0.29) is 42.7 Å². The van der Waals surface area contributed by atoms with Crippen LogP contribution >= 0.6 is 0 Å². The lowest BCUT2D eigenvalue weighted by atomic mass is 10.0. The molecule has 0 fully saturated rings. The van der Waals surface area contributed by atoms with Crippen LogP contribution in [-0.4, -0.2) is 75.5 Å². The van der Waals surface area contributed by atoms with Crippen LogP contribution in [0.1, 0.15) is 194 Å². The molecule has 8 heteroatoms. The Morgan fingerprint density at radius 2 is 0.898 bits per heavy atom. The van der Waals surface area contributed by atoms with Crippen LogP contribution in [0.2, 0.25) is 0 Å². The van der Waals surface area contributed by atoms with Gasteiger partial charge in [-0.25, -0.2) is 0 Å². The molecule has 290 valence electrons. The zero-order valence-corrected chi connectivity index (χ0v) is 32.9. The van der Waals surface area contributed by atoms with Crippen LogP contribution in [0.4, 0.5) is 0 Å². The number of carboxylic acids is 1. The molecular weight excluding hydrogens is 618 g/mol. The fourth-order valence-electron chi connectivity index (χ4n) is 6.25. The van der Waals surface area contributed by atoms with Crippen LogP contribution in [-0.2, 0) is 28.6 Å². The summed E-state index contributed by atoms with van der Waals surface area (Å²) in [7, 11) is 5.41. The Balaban J connectivity index is 4.33. The first-order valence-corrected chi connectivity index (χ1v) is 20.6. The van der Waals surface area contributed by atoms with Crippen molar-refractivity contribution in [2.45, 2.75) is 206 Å². The summed E-state index contributed by atoms with van der Waals surface area (Å²) in [6, 6.07) is -0.718. The van der Waals surface area contributed by atoms with Crippen molar-refractivity contribution in [2.24, 2.45) is 0 Å². The van der Waals surface area contributed by atoms with Crippen LogP contribution in [0.15, 0.2) is 0 Å². The SMILES string of the molecule is CCCCCCCCCCCCCCCCCC(=O)OC(COCCC(C(=O)[O-])[N+](C)(C)C)COC(=O)CCCCCCCCCCCC. The summed E-state index contributed by atoms with van der Waals surface area (Å²) in [5, 5.41) is 11.6. The first-order valence-electron chi connectivity index (χ1n) is 20.6. The predicted octanol–water partition coefficient (Wildman–Crippen LogP) is 9.25. The van der Waals surface area contributed by atoms with Crippen molar-refractivity contribution in [3.05, 3.63) is 0 Å². The molecule has 8 nitrogen and oxygen atoms in total. The molecule has 0 rings (SSSR count). The van der Waals surface area contributed by atoms with E-state index >= 15 is 0 Å². The number of carboxylic acid groups (broad SMARTS) is 1. The Morgan fingerprint density at radius 3 is 1.27 bits per heavy atom. The third-order valence-electron chi connectivity index (χ3n) is 9.49. The van der Waals surface area contributed by atoms with Crippen LogP contribution in [0.5, 0.6) is 0 Å². The number of carbonyl (C=O) groups is 3. The molecule has 2 unspecified atom stereocenters. The van der Waals surface area contributed by atoms with Crippen molar-refractivity contribution < 1.29 is 38.2 Å². The van der Waals surface area contributed by atoms with Crippen LogP contribution in [0, 0.1) is 0 Å². The highest BCUT2D eigenvalue weighted by Gasteiger charge is 2.25. The minimum atomic E-state index is -1.12. The van der Waals surface area contributed by atoms with Crippen molar-refractivity contribution in [3.8, 4) is 0 Å². The Morgan fingerprint density at radius 1 is 0.531 bits per heavy atom. The maximum absolute atomic E-state index is 12.7. The van der Waals surface area contributed by atoms with Gasteiger partial charge >= 0.3 is 11.9 Å². The number of hydrogen-bond acceptors (Lipinski definition) is 7. The van der Waals surface area contributed by atoms with Gasteiger partial charge in [-0.2, -0.15) is 0 Å². The molecule has 0 aliphatic carbocycles. The number of likely N-dealkylation sites (N-methyl/N-ethyl adjacent to an activating group) is 1. The molecule has 2 atom stereocenters. The standard InChI is InChI=1S/C41H79NO7/c1-6-8-10-12-14-16-18-19-20-21-22-24-26-28-30-32-40(44)49-37(35-47-34-33-38(41(45)46)42(3,4)5)36-48-39(43)31-29-27-25-23-17-15-13-11-9-7-2/h37-38H,6-36H2,1-5H3. The molecule has 0 aromatic carbocycles. The van der Waals surface area contributed by atoms with Crippen molar-refractivity contribution in [1.29, 1.82) is 0 Å². The van der Waals surface area contributed by atoms with Gasteiger partial charge in [-0.3, -0.25) is 9.59 Å². The quantitative estimate of drug-likeness (QED) is 0.0362. The topological polar surface area (TPSA) is 102 Å². The zero-order chi connectivity index (χ0) is 36.4. The molecule has 0 saturated heterocycles. The summed E-state index contributed by atoms with van der Waals surface area (Å²) in [5.41, 5.74) is 0. The summed E-state index contributed by atoms with van der Waals surface area (Å²) < 4.78 is 17.1. The molecule has 0 radical (unpaired) electrons. The van der Waals surface area contributed by atoms with Gasteiger partial charge in [0.1, 0.15) is 12.6 Å². The van der Waals surface area contributed by atoms with E-state index in [0.29, 0.717) is 12.8 Å². The Kier molecular flexibility index (Phi) is 32.3. The van der Waals surface area contributed by atoms with E-state index in [9.17, 15) is 19.5 Å². The number of carbonyl (C=O) groups excluding carboxylic acids is 3. The molecule has 0 spiro atoms. The number of unbranched alkanes of at least 4 members (excludes halogenated alkanes) is 23. The first kappa shape index (κ1) is 47.3. The molecule has 0 aliphatic rings. The van der Waals surface area contributed by atoms with Crippen molar-refractivity contribution in [1.82, 2.24) is 0 Å². The molecule has 0 aromatic heterocycles. The fourth-order valence-corrected chi connectivity index (χ4v) is 6.25. The summed E-state index contributed by atoms with van der Waals surface area (Å²) in [4.78, 5) is 36.7. The average molecular weight is 698 g/mol. The molecule has 0 saturated carbocycles. The van der Waals surface area contributed by atoms with E-state index in [0.717, 1.165) is 38.5 Å². The average Bonchev–Trinajstić information content (AvgIpc) is 3.05. The second kappa shape index (κ2) is 33.5. The number of ether oxygens (including phenoxy) is 3. The van der Waals surface area contributed by atoms with Gasteiger partial charge in [-0.05, 0) is 12.8 Å². The molecule has 0 amide bonds. The van der Waals surface area contributed by atoms with E-state index in [1.54, 1.807) is 21.1 Å². The largest absolute Gasteiger partial charge is 0.544 e. The van der Waals surface area contributed by atoms with Crippen molar-refractivity contribution >= 4 is 17.9 Å². The Hall–Kier alpha value is -1.67. The summed E-state index contributed by atoms with van der Waals surface area (Å²) in [6.45, 7) is 4.67. The maximum atomic E-state index is 12.7. The molecule has 49 heavy (non-hydrogen) atoms. The Labute approximate surface area is 302 Å². The molecule has 0 heterocycles.